The van der Waals surface area contributed by atoms with Crippen LogP contribution in [0.4, 0.5) is 0 Å². The minimum atomic E-state index is -2.91. The van der Waals surface area contributed by atoms with E-state index in [0.29, 0.717) is 25.3 Å². The maximum absolute atomic E-state index is 12.4. The molecule has 2 aliphatic rings. The zero-order valence-corrected chi connectivity index (χ0v) is 12.6. The first-order chi connectivity index (χ1) is 9.02. The van der Waals surface area contributed by atoms with Crippen LogP contribution in [0.25, 0.3) is 0 Å². The highest BCUT2D eigenvalue weighted by Gasteiger charge is 2.34. The molecule has 1 aliphatic heterocycles. The molecule has 1 saturated heterocycles. The van der Waals surface area contributed by atoms with E-state index in [1.807, 2.05) is 6.92 Å². The predicted molar refractivity (Wildman–Crippen MR) is 75.6 cm³/mol. The van der Waals surface area contributed by atoms with Crippen LogP contribution in [-0.4, -0.2) is 43.3 Å². The molecule has 0 aromatic heterocycles. The minimum Gasteiger partial charge on any atom is -0.339 e. The van der Waals surface area contributed by atoms with E-state index >= 15 is 0 Å². The van der Waals surface area contributed by atoms with Gasteiger partial charge in [-0.1, -0.05) is 19.3 Å². The average molecular weight is 287 g/mol. The van der Waals surface area contributed by atoms with E-state index in [2.05, 4.69) is 0 Å². The summed E-state index contributed by atoms with van der Waals surface area (Å²) in [6.07, 6.45) is 7.32. The van der Waals surface area contributed by atoms with Crippen molar-refractivity contribution < 1.29 is 13.2 Å². The first-order valence-electron chi connectivity index (χ1n) is 7.51. The van der Waals surface area contributed by atoms with Crippen LogP contribution in [0.2, 0.25) is 0 Å². The van der Waals surface area contributed by atoms with Crippen molar-refractivity contribution in [3.05, 3.63) is 0 Å². The molecule has 0 aromatic rings. The van der Waals surface area contributed by atoms with Crippen molar-refractivity contribution in [1.82, 2.24) is 4.90 Å². The highest BCUT2D eigenvalue weighted by molar-refractivity contribution is 7.91. The largest absolute Gasteiger partial charge is 0.339 e. The van der Waals surface area contributed by atoms with Gasteiger partial charge >= 0.3 is 0 Å². The summed E-state index contributed by atoms with van der Waals surface area (Å²) in [7, 11) is -2.91. The summed E-state index contributed by atoms with van der Waals surface area (Å²) in [4.78, 5) is 14.2. The summed E-state index contributed by atoms with van der Waals surface area (Å²) in [5, 5.41) is 0. The van der Waals surface area contributed by atoms with Crippen molar-refractivity contribution in [2.45, 2.75) is 57.9 Å². The van der Waals surface area contributed by atoms with Gasteiger partial charge in [-0.3, -0.25) is 4.79 Å². The van der Waals surface area contributed by atoms with Crippen molar-refractivity contribution in [2.75, 3.05) is 18.1 Å². The number of sulfone groups is 1. The van der Waals surface area contributed by atoms with Gasteiger partial charge in [0.2, 0.25) is 5.91 Å². The van der Waals surface area contributed by atoms with Crippen molar-refractivity contribution in [2.24, 2.45) is 5.92 Å². The minimum absolute atomic E-state index is 0.0777. The van der Waals surface area contributed by atoms with Gasteiger partial charge in [-0.15, -0.1) is 0 Å². The zero-order chi connectivity index (χ0) is 13.9. The number of amides is 1. The highest BCUT2D eigenvalue weighted by Crippen LogP contribution is 2.28. The Hall–Kier alpha value is -0.580. The molecule has 0 radical (unpaired) electrons. The number of rotatable bonds is 4. The van der Waals surface area contributed by atoms with Gasteiger partial charge in [-0.05, 0) is 32.1 Å². The molecule has 2 fully saturated rings. The molecule has 4 nitrogen and oxygen atoms in total. The highest BCUT2D eigenvalue weighted by atomic mass is 32.2. The lowest BCUT2D eigenvalue weighted by molar-refractivity contribution is -0.134. The summed E-state index contributed by atoms with van der Waals surface area (Å²) >= 11 is 0. The Morgan fingerprint density at radius 1 is 1.16 bits per heavy atom. The summed E-state index contributed by atoms with van der Waals surface area (Å²) in [5.41, 5.74) is 0. The lowest BCUT2D eigenvalue weighted by Gasteiger charge is -2.29. The van der Waals surface area contributed by atoms with E-state index in [1.54, 1.807) is 4.90 Å². The Balaban J connectivity index is 1.91. The molecule has 1 saturated carbocycles. The topological polar surface area (TPSA) is 54.5 Å². The van der Waals surface area contributed by atoms with Gasteiger partial charge in [0.15, 0.2) is 9.84 Å². The molecule has 0 spiro atoms. The fraction of sp³-hybridized carbons (Fsp3) is 0.929. The third-order valence-electron chi connectivity index (χ3n) is 4.50. The summed E-state index contributed by atoms with van der Waals surface area (Å²) in [5.74, 6) is 1.09. The van der Waals surface area contributed by atoms with E-state index in [9.17, 15) is 13.2 Å². The van der Waals surface area contributed by atoms with Crippen LogP contribution in [-0.2, 0) is 14.6 Å². The van der Waals surface area contributed by atoms with Gasteiger partial charge < -0.3 is 4.90 Å². The lowest BCUT2D eigenvalue weighted by atomic mass is 9.86. The average Bonchev–Trinajstić information content (AvgIpc) is 2.72. The Kier molecular flexibility index (Phi) is 4.87. The van der Waals surface area contributed by atoms with Crippen LogP contribution in [0.15, 0.2) is 0 Å². The van der Waals surface area contributed by atoms with Gasteiger partial charge in [0, 0.05) is 19.0 Å². The molecule has 1 aliphatic carbocycles. The van der Waals surface area contributed by atoms with Crippen molar-refractivity contribution in [3.8, 4) is 0 Å². The molecule has 0 bridgehead atoms. The molecule has 110 valence electrons. The number of carbonyl (C=O) groups is 1. The first kappa shape index (κ1) is 14.8. The SMILES string of the molecule is CCN(C(=O)CC1CCCCC1)C1CCS(=O)(=O)C1. The van der Waals surface area contributed by atoms with Crippen LogP contribution >= 0.6 is 0 Å². The van der Waals surface area contributed by atoms with Crippen LogP contribution in [0, 0.1) is 5.92 Å². The Bertz CT molecular complexity index is 412. The number of nitrogens with zero attached hydrogens (tertiary/aromatic N) is 1. The van der Waals surface area contributed by atoms with Crippen molar-refractivity contribution in [1.29, 1.82) is 0 Å². The summed E-state index contributed by atoms with van der Waals surface area (Å²) < 4.78 is 23.1. The van der Waals surface area contributed by atoms with Gasteiger partial charge in [0.25, 0.3) is 0 Å². The quantitative estimate of drug-likeness (QED) is 0.794. The fourth-order valence-corrected chi connectivity index (χ4v) is 5.15. The summed E-state index contributed by atoms with van der Waals surface area (Å²) in [6.45, 7) is 2.58. The number of carbonyl (C=O) groups excluding carboxylic acids is 1. The molecule has 1 atom stereocenters. The third-order valence-corrected chi connectivity index (χ3v) is 6.25. The van der Waals surface area contributed by atoms with Crippen LogP contribution < -0.4 is 0 Å². The lowest BCUT2D eigenvalue weighted by Crippen LogP contribution is -2.41. The van der Waals surface area contributed by atoms with E-state index in [-0.39, 0.29) is 23.5 Å². The second-order valence-electron chi connectivity index (χ2n) is 5.94. The van der Waals surface area contributed by atoms with E-state index in [1.165, 1.54) is 19.3 Å². The van der Waals surface area contributed by atoms with E-state index in [4.69, 9.17) is 0 Å². The third kappa shape index (κ3) is 3.94. The first-order valence-corrected chi connectivity index (χ1v) is 9.34. The van der Waals surface area contributed by atoms with Crippen LogP contribution in [0.1, 0.15) is 51.9 Å². The normalized spacial score (nSPS) is 27.3. The van der Waals surface area contributed by atoms with Crippen LogP contribution in [0.3, 0.4) is 0 Å². The molecular weight excluding hydrogens is 262 g/mol. The number of hydrogen-bond donors (Lipinski definition) is 0. The Morgan fingerprint density at radius 2 is 1.84 bits per heavy atom. The second kappa shape index (κ2) is 6.25. The fourth-order valence-electron chi connectivity index (χ4n) is 3.41. The van der Waals surface area contributed by atoms with E-state index < -0.39 is 9.84 Å². The maximum atomic E-state index is 12.4. The Morgan fingerprint density at radius 3 is 2.37 bits per heavy atom. The van der Waals surface area contributed by atoms with Crippen LogP contribution in [0.5, 0.6) is 0 Å². The van der Waals surface area contributed by atoms with Crippen molar-refractivity contribution in [3.63, 3.8) is 0 Å². The molecule has 0 N–H and O–H groups in total. The predicted octanol–water partition coefficient (Wildman–Crippen LogP) is 1.99. The van der Waals surface area contributed by atoms with E-state index in [0.717, 1.165) is 12.8 Å². The van der Waals surface area contributed by atoms with Gasteiger partial charge in [0.05, 0.1) is 11.5 Å². The molecule has 1 amide bonds. The molecule has 0 aromatic carbocycles. The summed E-state index contributed by atoms with van der Waals surface area (Å²) in [6, 6.07) is -0.0777. The molecule has 1 unspecified atom stereocenters. The number of hydrogen-bond acceptors (Lipinski definition) is 3. The molecule has 2 rings (SSSR count). The second-order valence-corrected chi connectivity index (χ2v) is 8.17. The monoisotopic (exact) mass is 287 g/mol. The smallest absolute Gasteiger partial charge is 0.223 e. The molecule has 19 heavy (non-hydrogen) atoms. The van der Waals surface area contributed by atoms with Gasteiger partial charge in [-0.2, -0.15) is 0 Å². The Labute approximate surface area is 116 Å². The molecular formula is C14H25NO3S. The molecule has 1 heterocycles. The standard InChI is InChI=1S/C14H25NO3S/c1-2-15(13-8-9-19(17,18)11-13)14(16)10-12-6-4-3-5-7-12/h12-13H,2-11H2,1H3. The molecule has 5 heteroatoms. The van der Waals surface area contributed by atoms with Gasteiger partial charge in [0.1, 0.15) is 0 Å². The van der Waals surface area contributed by atoms with Crippen molar-refractivity contribution >= 4 is 15.7 Å². The zero-order valence-electron chi connectivity index (χ0n) is 11.8. The maximum Gasteiger partial charge on any atom is 0.223 e. The van der Waals surface area contributed by atoms with Gasteiger partial charge in [-0.25, -0.2) is 8.42 Å².